The van der Waals surface area contributed by atoms with Gasteiger partial charge in [-0.15, -0.1) is 0 Å². The lowest BCUT2D eigenvalue weighted by Gasteiger charge is -2.06. The van der Waals surface area contributed by atoms with Crippen LogP contribution in [0.5, 0.6) is 0 Å². The second-order valence-electron chi connectivity index (χ2n) is 6.25. The van der Waals surface area contributed by atoms with Crippen LogP contribution in [0.4, 0.5) is 5.69 Å². The zero-order valence-corrected chi connectivity index (χ0v) is 11.7. The van der Waals surface area contributed by atoms with Crippen molar-refractivity contribution in [2.45, 2.75) is 27.7 Å². The molecule has 0 unspecified atom stereocenters. The molecule has 1 amide bonds. The number of hydrogen-bond donors (Lipinski definition) is 2. The lowest BCUT2D eigenvalue weighted by Crippen LogP contribution is -2.17. The Morgan fingerprint density at radius 2 is 1.53 bits per heavy atom. The molecular formula is C15H19NO3. The van der Waals surface area contributed by atoms with Crippen LogP contribution in [0.25, 0.3) is 0 Å². The molecule has 1 aliphatic carbocycles. The zero-order chi connectivity index (χ0) is 14.4. The van der Waals surface area contributed by atoms with Gasteiger partial charge in [-0.1, -0.05) is 27.7 Å². The third-order valence-electron chi connectivity index (χ3n) is 4.68. The Labute approximate surface area is 112 Å². The standard InChI is InChI=1S/C15H19NO3/c1-14(2)11(15(14,3)4)12(17)16-10-7-5-9(6-8-10)13(18)19/h5-8,11H,1-4H3,(H,16,17)(H,18,19). The summed E-state index contributed by atoms with van der Waals surface area (Å²) >= 11 is 0. The smallest absolute Gasteiger partial charge is 0.335 e. The molecule has 0 saturated heterocycles. The number of benzene rings is 1. The van der Waals surface area contributed by atoms with Crippen LogP contribution < -0.4 is 5.32 Å². The Hall–Kier alpha value is -1.84. The first-order valence-corrected chi connectivity index (χ1v) is 6.32. The molecule has 102 valence electrons. The van der Waals surface area contributed by atoms with Gasteiger partial charge in [0.25, 0.3) is 0 Å². The third kappa shape index (κ3) is 2.11. The molecule has 1 saturated carbocycles. The Morgan fingerprint density at radius 1 is 1.05 bits per heavy atom. The highest BCUT2D eigenvalue weighted by Gasteiger charge is 2.68. The van der Waals surface area contributed by atoms with E-state index in [4.69, 9.17) is 5.11 Å². The zero-order valence-electron chi connectivity index (χ0n) is 11.7. The third-order valence-corrected chi connectivity index (χ3v) is 4.68. The Morgan fingerprint density at radius 3 is 1.89 bits per heavy atom. The van der Waals surface area contributed by atoms with E-state index in [-0.39, 0.29) is 28.2 Å². The van der Waals surface area contributed by atoms with Crippen LogP contribution in [0.2, 0.25) is 0 Å². The fourth-order valence-electron chi connectivity index (χ4n) is 2.76. The molecule has 2 N–H and O–H groups in total. The molecule has 0 radical (unpaired) electrons. The molecule has 4 heteroatoms. The molecular weight excluding hydrogens is 242 g/mol. The largest absolute Gasteiger partial charge is 0.478 e. The maximum atomic E-state index is 12.2. The Kier molecular flexibility index (Phi) is 2.92. The molecule has 0 aromatic heterocycles. The predicted molar refractivity (Wildman–Crippen MR) is 73.1 cm³/mol. The van der Waals surface area contributed by atoms with Gasteiger partial charge in [-0.3, -0.25) is 4.79 Å². The number of carbonyl (C=O) groups excluding carboxylic acids is 1. The molecule has 0 atom stereocenters. The van der Waals surface area contributed by atoms with E-state index in [1.54, 1.807) is 12.1 Å². The maximum Gasteiger partial charge on any atom is 0.335 e. The Balaban J connectivity index is 2.07. The van der Waals surface area contributed by atoms with Crippen LogP contribution >= 0.6 is 0 Å². The van der Waals surface area contributed by atoms with Gasteiger partial charge in [0.15, 0.2) is 0 Å². The van der Waals surface area contributed by atoms with Gasteiger partial charge in [-0.2, -0.15) is 0 Å². The average molecular weight is 261 g/mol. The summed E-state index contributed by atoms with van der Waals surface area (Å²) in [4.78, 5) is 22.9. The van der Waals surface area contributed by atoms with Gasteiger partial charge in [0.2, 0.25) is 5.91 Å². The number of hydrogen-bond acceptors (Lipinski definition) is 2. The monoisotopic (exact) mass is 261 g/mol. The van der Waals surface area contributed by atoms with Crippen molar-refractivity contribution in [1.29, 1.82) is 0 Å². The number of aromatic carboxylic acids is 1. The first kappa shape index (κ1) is 13.6. The highest BCUT2D eigenvalue weighted by atomic mass is 16.4. The van der Waals surface area contributed by atoms with E-state index in [1.807, 2.05) is 0 Å². The number of rotatable bonds is 3. The number of carboxylic acids is 1. The van der Waals surface area contributed by atoms with Crippen molar-refractivity contribution in [3.05, 3.63) is 29.8 Å². The molecule has 0 heterocycles. The second-order valence-corrected chi connectivity index (χ2v) is 6.25. The van der Waals surface area contributed by atoms with Crippen LogP contribution in [-0.2, 0) is 4.79 Å². The normalized spacial score (nSPS) is 19.8. The van der Waals surface area contributed by atoms with E-state index >= 15 is 0 Å². The topological polar surface area (TPSA) is 66.4 Å². The fourth-order valence-corrected chi connectivity index (χ4v) is 2.76. The molecule has 19 heavy (non-hydrogen) atoms. The highest BCUT2D eigenvalue weighted by molar-refractivity contribution is 5.96. The summed E-state index contributed by atoms with van der Waals surface area (Å²) in [6.45, 7) is 8.35. The van der Waals surface area contributed by atoms with Gasteiger partial charge in [0, 0.05) is 11.6 Å². The predicted octanol–water partition coefficient (Wildman–Crippen LogP) is 3.01. The van der Waals surface area contributed by atoms with Crippen LogP contribution in [0.3, 0.4) is 0 Å². The number of anilines is 1. The first-order valence-electron chi connectivity index (χ1n) is 6.32. The number of carbonyl (C=O) groups is 2. The number of nitrogens with one attached hydrogen (secondary N) is 1. The quantitative estimate of drug-likeness (QED) is 0.879. The van der Waals surface area contributed by atoms with Gasteiger partial charge in [-0.25, -0.2) is 4.79 Å². The van der Waals surface area contributed by atoms with Crippen LogP contribution in [0.15, 0.2) is 24.3 Å². The fraction of sp³-hybridized carbons (Fsp3) is 0.467. The molecule has 1 aromatic rings. The molecule has 0 aliphatic heterocycles. The average Bonchev–Trinajstić information content (AvgIpc) is 2.69. The van der Waals surface area contributed by atoms with E-state index in [0.29, 0.717) is 5.69 Å². The van der Waals surface area contributed by atoms with Crippen molar-refractivity contribution in [3.8, 4) is 0 Å². The number of carboxylic acid groups (broad SMARTS) is 1. The Bertz CT molecular complexity index is 515. The minimum atomic E-state index is -0.970. The number of amides is 1. The van der Waals surface area contributed by atoms with Gasteiger partial charge in [0.1, 0.15) is 0 Å². The highest BCUT2D eigenvalue weighted by Crippen LogP contribution is 2.68. The molecule has 1 aromatic carbocycles. The summed E-state index contributed by atoms with van der Waals surface area (Å²) in [5.74, 6) is -0.987. The van der Waals surface area contributed by atoms with Crippen LogP contribution in [0, 0.1) is 16.7 Å². The van der Waals surface area contributed by atoms with Gasteiger partial charge in [-0.05, 0) is 35.1 Å². The summed E-state index contributed by atoms with van der Waals surface area (Å²) in [7, 11) is 0. The maximum absolute atomic E-state index is 12.2. The lowest BCUT2D eigenvalue weighted by atomic mass is 10.0. The van der Waals surface area contributed by atoms with Crippen LogP contribution in [-0.4, -0.2) is 17.0 Å². The van der Waals surface area contributed by atoms with Crippen molar-refractivity contribution < 1.29 is 14.7 Å². The van der Waals surface area contributed by atoms with Gasteiger partial charge < -0.3 is 10.4 Å². The molecule has 2 rings (SSSR count). The minimum Gasteiger partial charge on any atom is -0.478 e. The van der Waals surface area contributed by atoms with E-state index in [2.05, 4.69) is 33.0 Å². The van der Waals surface area contributed by atoms with E-state index in [1.165, 1.54) is 12.1 Å². The summed E-state index contributed by atoms with van der Waals surface area (Å²) in [5, 5.41) is 11.7. The molecule has 1 fully saturated rings. The van der Waals surface area contributed by atoms with Crippen LogP contribution in [0.1, 0.15) is 38.1 Å². The molecule has 4 nitrogen and oxygen atoms in total. The molecule has 0 spiro atoms. The minimum absolute atomic E-state index is 0.00178. The molecule has 1 aliphatic rings. The summed E-state index contributed by atoms with van der Waals surface area (Å²) in [5.41, 5.74) is 0.842. The SMILES string of the molecule is CC1(C)C(C(=O)Nc2ccc(C(=O)O)cc2)C1(C)C. The van der Waals surface area contributed by atoms with E-state index in [9.17, 15) is 9.59 Å². The van der Waals surface area contributed by atoms with Crippen molar-refractivity contribution in [1.82, 2.24) is 0 Å². The summed E-state index contributed by atoms with van der Waals surface area (Å²) in [6, 6.07) is 6.20. The summed E-state index contributed by atoms with van der Waals surface area (Å²) in [6.07, 6.45) is 0. The molecule has 0 bridgehead atoms. The lowest BCUT2D eigenvalue weighted by molar-refractivity contribution is -0.118. The summed E-state index contributed by atoms with van der Waals surface area (Å²) < 4.78 is 0. The van der Waals surface area contributed by atoms with E-state index < -0.39 is 5.97 Å². The first-order chi connectivity index (χ1) is 8.68. The van der Waals surface area contributed by atoms with Gasteiger partial charge >= 0.3 is 5.97 Å². The van der Waals surface area contributed by atoms with Crippen molar-refractivity contribution >= 4 is 17.6 Å². The second kappa shape index (κ2) is 4.08. The van der Waals surface area contributed by atoms with Crippen molar-refractivity contribution in [2.75, 3.05) is 5.32 Å². The van der Waals surface area contributed by atoms with Crippen molar-refractivity contribution in [2.24, 2.45) is 16.7 Å². The van der Waals surface area contributed by atoms with Crippen molar-refractivity contribution in [3.63, 3.8) is 0 Å². The van der Waals surface area contributed by atoms with Gasteiger partial charge in [0.05, 0.1) is 5.56 Å². The van der Waals surface area contributed by atoms with E-state index in [0.717, 1.165) is 0 Å².